The number of phenols is 1. The van der Waals surface area contributed by atoms with E-state index in [4.69, 9.17) is 25.8 Å². The highest BCUT2D eigenvalue weighted by Crippen LogP contribution is 2.35. The van der Waals surface area contributed by atoms with Crippen molar-refractivity contribution in [1.82, 2.24) is 0 Å². The smallest absolute Gasteiger partial charge is 0.416 e. The van der Waals surface area contributed by atoms with E-state index in [1.807, 2.05) is 6.92 Å². The maximum absolute atomic E-state index is 13.1. The van der Waals surface area contributed by atoms with Crippen LogP contribution in [0, 0.1) is 0 Å². The molecule has 164 valence electrons. The predicted molar refractivity (Wildman–Crippen MR) is 105 cm³/mol. The van der Waals surface area contributed by atoms with Crippen LogP contribution in [-0.2, 0) is 15.7 Å². The fourth-order valence-electron chi connectivity index (χ4n) is 2.38. The molecule has 0 aromatic heterocycles. The minimum atomic E-state index is -4.61. The van der Waals surface area contributed by atoms with Crippen molar-refractivity contribution in [3.05, 3.63) is 52.5 Å². The molecular formula is C20H21ClF3NO5. The zero-order chi connectivity index (χ0) is 22.1. The average molecular weight is 448 g/mol. The number of amides is 1. The van der Waals surface area contributed by atoms with E-state index in [9.17, 15) is 23.1 Å². The van der Waals surface area contributed by atoms with Crippen molar-refractivity contribution in [2.45, 2.75) is 13.1 Å². The van der Waals surface area contributed by atoms with Gasteiger partial charge in [-0.1, -0.05) is 11.6 Å². The summed E-state index contributed by atoms with van der Waals surface area (Å²) in [6.07, 6.45) is -4.61. The lowest BCUT2D eigenvalue weighted by Gasteiger charge is -2.16. The van der Waals surface area contributed by atoms with Crippen molar-refractivity contribution in [2.75, 3.05) is 38.4 Å². The summed E-state index contributed by atoms with van der Waals surface area (Å²) >= 11 is 5.82. The largest absolute Gasteiger partial charge is 0.507 e. The number of benzene rings is 2. The van der Waals surface area contributed by atoms with Gasteiger partial charge in [-0.3, -0.25) is 4.79 Å². The van der Waals surface area contributed by atoms with Gasteiger partial charge < -0.3 is 24.6 Å². The van der Waals surface area contributed by atoms with Gasteiger partial charge in [-0.05, 0) is 43.3 Å². The quantitative estimate of drug-likeness (QED) is 0.514. The molecule has 0 saturated carbocycles. The Morgan fingerprint density at radius 2 is 1.77 bits per heavy atom. The van der Waals surface area contributed by atoms with Gasteiger partial charge in [0, 0.05) is 11.6 Å². The molecule has 0 aliphatic rings. The SMILES string of the molecule is CCOCCOCCOc1ccc(C(F)(F)F)cc1NC(=O)c1cc(Cl)ccc1O. The molecule has 0 saturated heterocycles. The van der Waals surface area contributed by atoms with Crippen molar-refractivity contribution in [3.8, 4) is 11.5 Å². The van der Waals surface area contributed by atoms with Crippen LogP contribution in [0.5, 0.6) is 11.5 Å². The minimum Gasteiger partial charge on any atom is -0.507 e. The molecule has 10 heteroatoms. The van der Waals surface area contributed by atoms with Crippen molar-refractivity contribution in [2.24, 2.45) is 0 Å². The Kier molecular flexibility index (Phi) is 8.76. The highest BCUT2D eigenvalue weighted by molar-refractivity contribution is 6.31. The topological polar surface area (TPSA) is 77.0 Å². The van der Waals surface area contributed by atoms with E-state index < -0.39 is 17.6 Å². The van der Waals surface area contributed by atoms with Crippen LogP contribution in [0.15, 0.2) is 36.4 Å². The molecule has 30 heavy (non-hydrogen) atoms. The van der Waals surface area contributed by atoms with E-state index in [0.717, 1.165) is 18.2 Å². The van der Waals surface area contributed by atoms with Crippen molar-refractivity contribution in [1.29, 1.82) is 0 Å². The number of alkyl halides is 3. The molecule has 0 atom stereocenters. The van der Waals surface area contributed by atoms with E-state index >= 15 is 0 Å². The normalized spacial score (nSPS) is 11.4. The molecule has 0 fully saturated rings. The Morgan fingerprint density at radius 1 is 1.07 bits per heavy atom. The lowest BCUT2D eigenvalue weighted by Crippen LogP contribution is -2.16. The van der Waals surface area contributed by atoms with Crippen LogP contribution in [0.25, 0.3) is 0 Å². The average Bonchev–Trinajstić information content (AvgIpc) is 2.69. The second-order valence-electron chi connectivity index (χ2n) is 5.98. The van der Waals surface area contributed by atoms with Crippen LogP contribution in [0.2, 0.25) is 5.02 Å². The first-order valence-electron chi connectivity index (χ1n) is 9.01. The zero-order valence-corrected chi connectivity index (χ0v) is 16.8. The van der Waals surface area contributed by atoms with Crippen LogP contribution in [-0.4, -0.2) is 44.0 Å². The number of nitrogens with one attached hydrogen (secondary N) is 1. The van der Waals surface area contributed by atoms with Crippen LogP contribution in [0.3, 0.4) is 0 Å². The molecule has 2 N–H and O–H groups in total. The van der Waals surface area contributed by atoms with E-state index in [-0.39, 0.29) is 41.0 Å². The molecule has 0 aliphatic carbocycles. The summed E-state index contributed by atoms with van der Waals surface area (Å²) in [6.45, 7) is 3.41. The number of ether oxygens (including phenoxy) is 3. The third-order valence-corrected chi connectivity index (χ3v) is 4.05. The number of phenolic OH excluding ortho intramolecular Hbond substituents is 1. The first-order valence-corrected chi connectivity index (χ1v) is 9.39. The first-order chi connectivity index (χ1) is 14.2. The van der Waals surface area contributed by atoms with Gasteiger partial charge in [0.2, 0.25) is 0 Å². The monoisotopic (exact) mass is 447 g/mol. The summed E-state index contributed by atoms with van der Waals surface area (Å²) in [5, 5.41) is 12.4. The first kappa shape index (κ1) is 23.8. The number of hydrogen-bond donors (Lipinski definition) is 2. The molecule has 0 heterocycles. The van der Waals surface area contributed by atoms with E-state index in [1.54, 1.807) is 0 Å². The summed E-state index contributed by atoms with van der Waals surface area (Å²) < 4.78 is 55.1. The van der Waals surface area contributed by atoms with Gasteiger partial charge >= 0.3 is 6.18 Å². The van der Waals surface area contributed by atoms with E-state index in [1.165, 1.54) is 18.2 Å². The van der Waals surface area contributed by atoms with Crippen molar-refractivity contribution >= 4 is 23.2 Å². The van der Waals surface area contributed by atoms with Crippen LogP contribution >= 0.6 is 11.6 Å². The Hall–Kier alpha value is -2.49. The van der Waals surface area contributed by atoms with Gasteiger partial charge in [-0.15, -0.1) is 0 Å². The summed E-state index contributed by atoms with van der Waals surface area (Å²) in [5.41, 5.74) is -1.36. The van der Waals surface area contributed by atoms with Gasteiger partial charge in [0.05, 0.1) is 36.6 Å². The molecule has 2 aromatic carbocycles. The molecule has 0 bridgehead atoms. The Bertz CT molecular complexity index is 861. The van der Waals surface area contributed by atoms with Gasteiger partial charge in [0.1, 0.15) is 18.1 Å². The number of rotatable bonds is 10. The van der Waals surface area contributed by atoms with Gasteiger partial charge in [-0.25, -0.2) is 0 Å². The van der Waals surface area contributed by atoms with Crippen LogP contribution < -0.4 is 10.1 Å². The number of hydrogen-bond acceptors (Lipinski definition) is 5. The van der Waals surface area contributed by atoms with Gasteiger partial charge in [0.25, 0.3) is 5.91 Å². The molecule has 0 aliphatic heterocycles. The predicted octanol–water partition coefficient (Wildman–Crippen LogP) is 4.75. The molecule has 2 rings (SSSR count). The van der Waals surface area contributed by atoms with Crippen LogP contribution in [0.1, 0.15) is 22.8 Å². The van der Waals surface area contributed by atoms with Crippen molar-refractivity contribution < 1.29 is 37.3 Å². The molecule has 0 unspecified atom stereocenters. The van der Waals surface area contributed by atoms with Crippen LogP contribution in [0.4, 0.5) is 18.9 Å². The molecular weight excluding hydrogens is 427 g/mol. The third-order valence-electron chi connectivity index (χ3n) is 3.82. The highest BCUT2D eigenvalue weighted by Gasteiger charge is 2.31. The number of halogens is 4. The minimum absolute atomic E-state index is 0.0197. The summed E-state index contributed by atoms with van der Waals surface area (Å²) in [4.78, 5) is 12.5. The Morgan fingerprint density at radius 3 is 2.47 bits per heavy atom. The maximum Gasteiger partial charge on any atom is 0.416 e. The highest BCUT2D eigenvalue weighted by atomic mass is 35.5. The maximum atomic E-state index is 13.1. The Labute approximate surface area is 176 Å². The number of carbonyl (C=O) groups excluding carboxylic acids is 1. The molecule has 1 amide bonds. The van der Waals surface area contributed by atoms with Gasteiger partial charge in [-0.2, -0.15) is 13.2 Å². The molecule has 0 radical (unpaired) electrons. The second kappa shape index (κ2) is 11.1. The summed E-state index contributed by atoms with van der Waals surface area (Å²) in [5.74, 6) is -1.19. The number of carbonyl (C=O) groups is 1. The molecule has 6 nitrogen and oxygen atoms in total. The number of aromatic hydroxyl groups is 1. The molecule has 2 aromatic rings. The lowest BCUT2D eigenvalue weighted by atomic mass is 10.1. The fraction of sp³-hybridized carbons (Fsp3) is 0.350. The van der Waals surface area contributed by atoms with Gasteiger partial charge in [0.15, 0.2) is 0 Å². The van der Waals surface area contributed by atoms with E-state index in [2.05, 4.69) is 5.32 Å². The summed E-state index contributed by atoms with van der Waals surface area (Å²) in [6, 6.07) is 6.49. The zero-order valence-electron chi connectivity index (χ0n) is 16.1. The fourth-order valence-corrected chi connectivity index (χ4v) is 2.56. The lowest BCUT2D eigenvalue weighted by molar-refractivity contribution is -0.137. The standard InChI is InChI=1S/C20H21ClF3NO5/c1-2-28-7-8-29-9-10-30-18-6-3-13(20(22,23)24)11-16(18)25-19(27)15-12-14(21)4-5-17(15)26/h3-6,11-12,26H,2,7-10H2,1H3,(H,25,27). The van der Waals surface area contributed by atoms with E-state index in [0.29, 0.717) is 19.8 Å². The second-order valence-corrected chi connectivity index (χ2v) is 6.42. The molecule has 0 spiro atoms. The number of anilines is 1. The Balaban J connectivity index is 2.14. The third kappa shape index (κ3) is 7.08. The van der Waals surface area contributed by atoms with Crippen molar-refractivity contribution in [3.63, 3.8) is 0 Å². The summed E-state index contributed by atoms with van der Waals surface area (Å²) in [7, 11) is 0.